The van der Waals surface area contributed by atoms with Crippen LogP contribution in [0.1, 0.15) is 43.0 Å². The molecule has 0 spiro atoms. The van der Waals surface area contributed by atoms with Gasteiger partial charge in [-0.2, -0.15) is 0 Å². The number of aromatic nitrogens is 1. The van der Waals surface area contributed by atoms with Crippen molar-refractivity contribution in [2.45, 2.75) is 38.1 Å². The summed E-state index contributed by atoms with van der Waals surface area (Å²) >= 11 is 6.18. The maximum atomic E-state index is 6.18. The fourth-order valence-electron chi connectivity index (χ4n) is 4.02. The zero-order valence-electron chi connectivity index (χ0n) is 13.0. The van der Waals surface area contributed by atoms with Gasteiger partial charge in [0.15, 0.2) is 0 Å². The molecular weight excluding hydrogens is 294 g/mol. The van der Waals surface area contributed by atoms with Crippen LogP contribution in [-0.2, 0) is 6.42 Å². The maximum Gasteiger partial charge on any atom is 0.0488 e. The molecule has 2 aromatic rings. The summed E-state index contributed by atoms with van der Waals surface area (Å²) < 4.78 is 0. The minimum absolute atomic E-state index is 0.455. The smallest absolute Gasteiger partial charge is 0.0488 e. The first-order valence-electron chi connectivity index (χ1n) is 8.57. The van der Waals surface area contributed by atoms with Crippen LogP contribution in [0.15, 0.2) is 18.2 Å². The number of piperidine rings is 1. The molecule has 1 saturated heterocycles. The van der Waals surface area contributed by atoms with E-state index in [1.54, 1.807) is 0 Å². The summed E-state index contributed by atoms with van der Waals surface area (Å²) in [7, 11) is 0. The van der Waals surface area contributed by atoms with Crippen LogP contribution in [0.3, 0.4) is 0 Å². The first kappa shape index (κ1) is 14.6. The molecule has 0 radical (unpaired) electrons. The summed E-state index contributed by atoms with van der Waals surface area (Å²) in [5, 5.41) is 5.84. The number of benzene rings is 1. The van der Waals surface area contributed by atoms with Gasteiger partial charge >= 0.3 is 0 Å². The fourth-order valence-corrected chi connectivity index (χ4v) is 4.19. The van der Waals surface area contributed by atoms with Crippen LogP contribution in [0.5, 0.6) is 0 Å². The highest BCUT2D eigenvalue weighted by atomic mass is 35.5. The molecule has 3 heterocycles. The lowest BCUT2D eigenvalue weighted by Crippen LogP contribution is -2.35. The van der Waals surface area contributed by atoms with Gasteiger partial charge in [-0.1, -0.05) is 18.0 Å². The Hall–Kier alpha value is -1.03. The van der Waals surface area contributed by atoms with Crippen LogP contribution < -0.4 is 5.32 Å². The molecule has 0 amide bonds. The number of aromatic amines is 1. The van der Waals surface area contributed by atoms with E-state index in [1.807, 2.05) is 6.07 Å². The van der Waals surface area contributed by atoms with Crippen molar-refractivity contribution in [1.82, 2.24) is 15.2 Å². The van der Waals surface area contributed by atoms with Gasteiger partial charge in [0, 0.05) is 27.7 Å². The second kappa shape index (κ2) is 6.23. The van der Waals surface area contributed by atoms with E-state index in [2.05, 4.69) is 27.3 Å². The summed E-state index contributed by atoms with van der Waals surface area (Å²) in [6.07, 6.45) is 6.43. The SMILES string of the molecule is Clc1ccc2[nH]c3c(c2c1)CCN[C@@H]3CCN1CCCCC1. The van der Waals surface area contributed by atoms with Gasteiger partial charge in [0.2, 0.25) is 0 Å². The van der Waals surface area contributed by atoms with Gasteiger partial charge in [-0.05, 0) is 75.6 Å². The quantitative estimate of drug-likeness (QED) is 0.900. The van der Waals surface area contributed by atoms with Crippen molar-refractivity contribution in [1.29, 1.82) is 0 Å². The third-order valence-corrected chi connectivity index (χ3v) is 5.43. The molecule has 1 fully saturated rings. The van der Waals surface area contributed by atoms with Crippen LogP contribution >= 0.6 is 11.6 Å². The van der Waals surface area contributed by atoms with Crippen molar-refractivity contribution in [3.05, 3.63) is 34.5 Å². The van der Waals surface area contributed by atoms with E-state index >= 15 is 0 Å². The Bertz CT molecular complexity index is 658. The Morgan fingerprint density at radius 2 is 2.05 bits per heavy atom. The first-order chi connectivity index (χ1) is 10.8. The van der Waals surface area contributed by atoms with Crippen LogP contribution in [0.25, 0.3) is 10.9 Å². The number of hydrogen-bond acceptors (Lipinski definition) is 2. The van der Waals surface area contributed by atoms with E-state index in [4.69, 9.17) is 11.6 Å². The summed E-state index contributed by atoms with van der Waals surface area (Å²) in [6.45, 7) is 4.83. The van der Waals surface area contributed by atoms with Gasteiger partial charge in [0.05, 0.1) is 0 Å². The molecule has 3 nitrogen and oxygen atoms in total. The Balaban J connectivity index is 1.55. The number of fused-ring (bicyclic) bond motifs is 3. The molecule has 4 rings (SSSR count). The molecule has 22 heavy (non-hydrogen) atoms. The standard InChI is InChI=1S/C18H24ClN3/c19-13-4-5-16-15(12-13)14-6-8-20-17(18(14)21-16)7-11-22-9-2-1-3-10-22/h4-5,12,17,20-21H,1-3,6-11H2/t17-/m1/s1. The third-order valence-electron chi connectivity index (χ3n) is 5.20. The molecule has 1 aromatic carbocycles. The molecule has 0 saturated carbocycles. The normalized spacial score (nSPS) is 22.9. The van der Waals surface area contributed by atoms with Crippen molar-refractivity contribution >= 4 is 22.5 Å². The van der Waals surface area contributed by atoms with E-state index in [9.17, 15) is 0 Å². The number of nitrogens with one attached hydrogen (secondary N) is 2. The summed E-state index contributed by atoms with van der Waals surface area (Å²) in [6, 6.07) is 6.65. The highest BCUT2D eigenvalue weighted by molar-refractivity contribution is 6.31. The minimum Gasteiger partial charge on any atom is -0.357 e. The number of rotatable bonds is 3. The van der Waals surface area contributed by atoms with Gasteiger partial charge in [-0.3, -0.25) is 0 Å². The second-order valence-corrected chi connectivity index (χ2v) is 7.09. The molecule has 0 bridgehead atoms. The zero-order chi connectivity index (χ0) is 14.9. The monoisotopic (exact) mass is 317 g/mol. The van der Waals surface area contributed by atoms with Crippen LogP contribution in [-0.4, -0.2) is 36.1 Å². The maximum absolute atomic E-state index is 6.18. The van der Waals surface area contributed by atoms with Gasteiger partial charge in [-0.15, -0.1) is 0 Å². The van der Waals surface area contributed by atoms with E-state index in [1.165, 1.54) is 67.5 Å². The Kier molecular flexibility index (Phi) is 4.12. The Labute approximate surface area is 137 Å². The topological polar surface area (TPSA) is 31.1 Å². The van der Waals surface area contributed by atoms with Crippen molar-refractivity contribution in [2.24, 2.45) is 0 Å². The van der Waals surface area contributed by atoms with Crippen molar-refractivity contribution in [2.75, 3.05) is 26.2 Å². The van der Waals surface area contributed by atoms with Gasteiger partial charge < -0.3 is 15.2 Å². The van der Waals surface area contributed by atoms with Gasteiger partial charge in [0.1, 0.15) is 0 Å². The van der Waals surface area contributed by atoms with Crippen LogP contribution in [0.4, 0.5) is 0 Å². The van der Waals surface area contributed by atoms with Crippen molar-refractivity contribution < 1.29 is 0 Å². The lowest BCUT2D eigenvalue weighted by Gasteiger charge is -2.30. The van der Waals surface area contributed by atoms with E-state index in [0.717, 1.165) is 18.0 Å². The molecule has 1 atom stereocenters. The predicted molar refractivity (Wildman–Crippen MR) is 92.7 cm³/mol. The van der Waals surface area contributed by atoms with E-state index in [0.29, 0.717) is 6.04 Å². The number of halogens is 1. The third kappa shape index (κ3) is 2.78. The molecule has 0 unspecified atom stereocenters. The van der Waals surface area contributed by atoms with Crippen LogP contribution in [0, 0.1) is 0 Å². The van der Waals surface area contributed by atoms with E-state index in [-0.39, 0.29) is 0 Å². The molecular formula is C18H24ClN3. The molecule has 1 aromatic heterocycles. The number of likely N-dealkylation sites (tertiary alicyclic amines) is 1. The molecule has 0 aliphatic carbocycles. The highest BCUT2D eigenvalue weighted by Gasteiger charge is 2.24. The average Bonchev–Trinajstić information content (AvgIpc) is 2.92. The first-order valence-corrected chi connectivity index (χ1v) is 8.95. The predicted octanol–water partition coefficient (Wildman–Crippen LogP) is 3.88. The van der Waals surface area contributed by atoms with Crippen molar-refractivity contribution in [3.8, 4) is 0 Å². The lowest BCUT2D eigenvalue weighted by atomic mass is 9.97. The minimum atomic E-state index is 0.455. The molecule has 2 aliphatic rings. The van der Waals surface area contributed by atoms with Gasteiger partial charge in [-0.25, -0.2) is 0 Å². The Morgan fingerprint density at radius 1 is 1.18 bits per heavy atom. The van der Waals surface area contributed by atoms with Crippen molar-refractivity contribution in [3.63, 3.8) is 0 Å². The second-order valence-electron chi connectivity index (χ2n) is 6.65. The highest BCUT2D eigenvalue weighted by Crippen LogP contribution is 2.33. The number of nitrogens with zero attached hydrogens (tertiary/aromatic N) is 1. The molecule has 2 aliphatic heterocycles. The summed E-state index contributed by atoms with van der Waals surface area (Å²) in [5.41, 5.74) is 4.08. The zero-order valence-corrected chi connectivity index (χ0v) is 13.8. The van der Waals surface area contributed by atoms with Crippen LogP contribution in [0.2, 0.25) is 5.02 Å². The largest absolute Gasteiger partial charge is 0.357 e. The van der Waals surface area contributed by atoms with Gasteiger partial charge in [0.25, 0.3) is 0 Å². The average molecular weight is 318 g/mol. The lowest BCUT2D eigenvalue weighted by molar-refractivity contribution is 0.215. The Morgan fingerprint density at radius 3 is 2.91 bits per heavy atom. The number of hydrogen-bond donors (Lipinski definition) is 2. The van der Waals surface area contributed by atoms with E-state index < -0.39 is 0 Å². The molecule has 2 N–H and O–H groups in total. The fraction of sp³-hybridized carbons (Fsp3) is 0.556. The summed E-state index contributed by atoms with van der Waals surface area (Å²) in [5.74, 6) is 0. The number of H-pyrrole nitrogens is 1. The summed E-state index contributed by atoms with van der Waals surface area (Å²) in [4.78, 5) is 6.27. The molecule has 4 heteroatoms. The molecule has 118 valence electrons.